The molecule has 8 nitrogen and oxygen atoms in total. The van der Waals surface area contributed by atoms with E-state index in [-0.39, 0.29) is 23.6 Å². The van der Waals surface area contributed by atoms with E-state index < -0.39 is 6.04 Å². The second-order valence-electron chi connectivity index (χ2n) is 7.42. The molecule has 3 rings (SSSR count). The van der Waals surface area contributed by atoms with Crippen LogP contribution in [0.1, 0.15) is 44.7 Å². The molecule has 1 aromatic heterocycles. The Bertz CT molecular complexity index is 827. The van der Waals surface area contributed by atoms with Crippen molar-refractivity contribution in [2.24, 2.45) is 5.92 Å². The number of benzene rings is 1. The van der Waals surface area contributed by atoms with Gasteiger partial charge >= 0.3 is 0 Å². The number of nitrogens with zero attached hydrogens (tertiary/aromatic N) is 1. The molecule has 1 unspecified atom stereocenters. The zero-order valence-electron chi connectivity index (χ0n) is 16.5. The van der Waals surface area contributed by atoms with Gasteiger partial charge in [0.1, 0.15) is 6.04 Å². The van der Waals surface area contributed by atoms with Crippen LogP contribution in [-0.4, -0.2) is 33.7 Å². The van der Waals surface area contributed by atoms with Crippen LogP contribution in [0.15, 0.2) is 36.8 Å². The Hall–Kier alpha value is -3.16. The number of amides is 3. The summed E-state index contributed by atoms with van der Waals surface area (Å²) in [6.45, 7) is 1.44. The topological polar surface area (TPSA) is 116 Å². The summed E-state index contributed by atoms with van der Waals surface area (Å²) in [7, 11) is 0. The van der Waals surface area contributed by atoms with Gasteiger partial charge in [0, 0.05) is 42.5 Å². The molecule has 1 atom stereocenters. The molecule has 0 saturated heterocycles. The third-order valence-electron chi connectivity index (χ3n) is 5.06. The third-order valence-corrected chi connectivity index (χ3v) is 5.06. The first kappa shape index (κ1) is 20.6. The monoisotopic (exact) mass is 397 g/mol. The van der Waals surface area contributed by atoms with Crippen molar-refractivity contribution >= 4 is 29.1 Å². The summed E-state index contributed by atoms with van der Waals surface area (Å²) in [5.41, 5.74) is 2.01. The van der Waals surface area contributed by atoms with Gasteiger partial charge in [-0.15, -0.1) is 0 Å². The van der Waals surface area contributed by atoms with E-state index in [9.17, 15) is 14.4 Å². The molecular formula is C21H27N5O3. The average molecular weight is 397 g/mol. The van der Waals surface area contributed by atoms with Crippen LogP contribution in [0.2, 0.25) is 0 Å². The van der Waals surface area contributed by atoms with Crippen LogP contribution >= 0.6 is 0 Å². The highest BCUT2D eigenvalue weighted by Gasteiger charge is 2.27. The Morgan fingerprint density at radius 1 is 1.07 bits per heavy atom. The first-order chi connectivity index (χ1) is 14.0. The maximum atomic E-state index is 12.9. The van der Waals surface area contributed by atoms with Crippen LogP contribution in [0.25, 0.3) is 0 Å². The van der Waals surface area contributed by atoms with Gasteiger partial charge < -0.3 is 20.9 Å². The molecule has 8 heteroatoms. The predicted molar refractivity (Wildman–Crippen MR) is 110 cm³/mol. The van der Waals surface area contributed by atoms with Crippen LogP contribution in [0.3, 0.4) is 0 Å². The second kappa shape index (κ2) is 9.86. The van der Waals surface area contributed by atoms with Crippen LogP contribution in [0, 0.1) is 5.92 Å². The SMILES string of the molecule is CC(=O)Nc1ccc(NC(=O)C(Cc2cnc[nH]2)NC(=O)C2CCCCC2)cc1. The quantitative estimate of drug-likeness (QED) is 0.575. The Morgan fingerprint density at radius 3 is 2.31 bits per heavy atom. The Kier molecular flexibility index (Phi) is 6.99. The van der Waals surface area contributed by atoms with E-state index in [1.54, 1.807) is 36.8 Å². The summed E-state index contributed by atoms with van der Waals surface area (Å²) >= 11 is 0. The molecule has 1 saturated carbocycles. The first-order valence-electron chi connectivity index (χ1n) is 9.97. The van der Waals surface area contributed by atoms with Crippen molar-refractivity contribution in [1.29, 1.82) is 0 Å². The maximum Gasteiger partial charge on any atom is 0.247 e. The van der Waals surface area contributed by atoms with Crippen molar-refractivity contribution in [2.45, 2.75) is 51.5 Å². The van der Waals surface area contributed by atoms with Crippen LogP contribution in [0.4, 0.5) is 11.4 Å². The summed E-state index contributed by atoms with van der Waals surface area (Å²) in [6.07, 6.45) is 8.53. The fourth-order valence-corrected chi connectivity index (χ4v) is 3.55. The number of carbonyl (C=O) groups excluding carboxylic acids is 3. The normalized spacial score (nSPS) is 15.3. The predicted octanol–water partition coefficient (Wildman–Crippen LogP) is 2.61. The van der Waals surface area contributed by atoms with Gasteiger partial charge in [0.05, 0.1) is 6.33 Å². The lowest BCUT2D eigenvalue weighted by Crippen LogP contribution is -2.47. The molecule has 0 spiro atoms. The van der Waals surface area contributed by atoms with Crippen LogP contribution in [-0.2, 0) is 20.8 Å². The number of hydrogen-bond donors (Lipinski definition) is 4. The lowest BCUT2D eigenvalue weighted by Gasteiger charge is -2.24. The molecule has 3 amide bonds. The van der Waals surface area contributed by atoms with Crippen LogP contribution in [0.5, 0.6) is 0 Å². The number of aromatic nitrogens is 2. The molecule has 4 N–H and O–H groups in total. The Balaban J connectivity index is 1.66. The summed E-state index contributed by atoms with van der Waals surface area (Å²) < 4.78 is 0. The summed E-state index contributed by atoms with van der Waals surface area (Å²) in [6, 6.07) is 6.13. The van der Waals surface area contributed by atoms with Crippen molar-refractivity contribution in [1.82, 2.24) is 15.3 Å². The summed E-state index contributed by atoms with van der Waals surface area (Å²) in [5.74, 6) is -0.550. The van der Waals surface area contributed by atoms with Gasteiger partial charge in [-0.05, 0) is 37.1 Å². The number of imidazole rings is 1. The Morgan fingerprint density at radius 2 is 1.72 bits per heavy atom. The number of nitrogens with one attached hydrogen (secondary N) is 4. The van der Waals surface area contributed by atoms with Gasteiger partial charge in [-0.1, -0.05) is 19.3 Å². The van der Waals surface area contributed by atoms with Gasteiger partial charge in [-0.2, -0.15) is 0 Å². The Labute approximate surface area is 169 Å². The van der Waals surface area contributed by atoms with Gasteiger partial charge in [0.15, 0.2) is 0 Å². The fourth-order valence-electron chi connectivity index (χ4n) is 3.55. The largest absolute Gasteiger partial charge is 0.348 e. The van der Waals surface area contributed by atoms with E-state index in [1.165, 1.54) is 6.92 Å². The molecule has 0 aliphatic heterocycles. The molecule has 1 aromatic carbocycles. The number of anilines is 2. The van der Waals surface area contributed by atoms with Gasteiger partial charge in [0.2, 0.25) is 17.7 Å². The smallest absolute Gasteiger partial charge is 0.247 e. The third kappa shape index (κ3) is 6.17. The van der Waals surface area contributed by atoms with E-state index in [0.29, 0.717) is 17.8 Å². The minimum absolute atomic E-state index is 0.0299. The van der Waals surface area contributed by atoms with Gasteiger partial charge in [-0.25, -0.2) is 4.98 Å². The number of rotatable bonds is 7. The molecule has 154 valence electrons. The average Bonchev–Trinajstić information content (AvgIpc) is 3.22. The van der Waals surface area contributed by atoms with E-state index in [0.717, 1.165) is 37.8 Å². The van der Waals surface area contributed by atoms with E-state index in [4.69, 9.17) is 0 Å². The molecule has 1 fully saturated rings. The van der Waals surface area contributed by atoms with Gasteiger partial charge in [0.25, 0.3) is 0 Å². The number of hydrogen-bond acceptors (Lipinski definition) is 4. The number of aromatic amines is 1. The van der Waals surface area contributed by atoms with E-state index in [1.807, 2.05) is 0 Å². The van der Waals surface area contributed by atoms with Crippen molar-refractivity contribution in [3.8, 4) is 0 Å². The molecule has 2 aromatic rings. The highest BCUT2D eigenvalue weighted by atomic mass is 16.2. The first-order valence-corrected chi connectivity index (χ1v) is 9.97. The van der Waals surface area contributed by atoms with Crippen molar-refractivity contribution in [2.75, 3.05) is 10.6 Å². The second-order valence-corrected chi connectivity index (χ2v) is 7.42. The van der Waals surface area contributed by atoms with Gasteiger partial charge in [-0.3, -0.25) is 14.4 Å². The van der Waals surface area contributed by atoms with E-state index in [2.05, 4.69) is 25.9 Å². The number of carbonyl (C=O) groups is 3. The highest BCUT2D eigenvalue weighted by Crippen LogP contribution is 2.24. The molecule has 1 aliphatic carbocycles. The summed E-state index contributed by atoms with van der Waals surface area (Å²) in [4.78, 5) is 43.7. The standard InChI is InChI=1S/C21H27N5O3/c1-14(27)24-16-7-9-17(10-8-16)25-21(29)19(11-18-12-22-13-23-18)26-20(28)15-5-3-2-4-6-15/h7-10,12-13,15,19H,2-6,11H2,1H3,(H,22,23)(H,24,27)(H,25,29)(H,26,28). The molecule has 0 radical (unpaired) electrons. The zero-order valence-corrected chi connectivity index (χ0v) is 16.5. The van der Waals surface area contributed by atoms with Crippen molar-refractivity contribution in [3.05, 3.63) is 42.5 Å². The molecule has 1 aliphatic rings. The molecule has 1 heterocycles. The molecular weight excluding hydrogens is 370 g/mol. The lowest BCUT2D eigenvalue weighted by molar-refractivity contribution is -0.130. The lowest BCUT2D eigenvalue weighted by atomic mass is 9.88. The maximum absolute atomic E-state index is 12.9. The van der Waals surface area contributed by atoms with E-state index >= 15 is 0 Å². The zero-order chi connectivity index (χ0) is 20.6. The fraction of sp³-hybridized carbons (Fsp3) is 0.429. The minimum Gasteiger partial charge on any atom is -0.348 e. The van der Waals surface area contributed by atoms with Crippen LogP contribution < -0.4 is 16.0 Å². The summed E-state index contributed by atoms with van der Waals surface area (Å²) in [5, 5.41) is 8.45. The van der Waals surface area contributed by atoms with Crippen molar-refractivity contribution in [3.63, 3.8) is 0 Å². The molecule has 29 heavy (non-hydrogen) atoms. The molecule has 0 bridgehead atoms. The number of H-pyrrole nitrogens is 1. The van der Waals surface area contributed by atoms with Crippen molar-refractivity contribution < 1.29 is 14.4 Å². The minimum atomic E-state index is -0.708. The highest BCUT2D eigenvalue weighted by molar-refractivity contribution is 5.98.